The molecule has 36 heavy (non-hydrogen) atoms. The van der Waals surface area contributed by atoms with Crippen LogP contribution in [0.15, 0.2) is 54.9 Å². The number of carbonyl (C=O) groups excluding carboxylic acids is 1. The Hall–Kier alpha value is -3.51. The SMILES string of the molecule is O=C(c1ccc(F)c(NS(=O)(=O)CCC(F)(F)F)c1F)c1c[nH]c2ncc(-c3ccc(Cl)cc3)cc12. The van der Waals surface area contributed by atoms with Crippen LogP contribution in [0, 0.1) is 11.6 Å². The van der Waals surface area contributed by atoms with Gasteiger partial charge in [-0.25, -0.2) is 22.2 Å². The number of rotatable bonds is 7. The van der Waals surface area contributed by atoms with Crippen molar-refractivity contribution in [2.45, 2.75) is 12.6 Å². The van der Waals surface area contributed by atoms with Crippen molar-refractivity contribution in [1.29, 1.82) is 0 Å². The van der Waals surface area contributed by atoms with Crippen molar-refractivity contribution in [3.63, 3.8) is 0 Å². The van der Waals surface area contributed by atoms with Gasteiger partial charge in [0.2, 0.25) is 10.0 Å². The first-order chi connectivity index (χ1) is 16.8. The second kappa shape index (κ2) is 9.51. The van der Waals surface area contributed by atoms with Gasteiger partial charge in [-0.1, -0.05) is 23.7 Å². The molecule has 6 nitrogen and oxygen atoms in total. The summed E-state index contributed by atoms with van der Waals surface area (Å²) in [5, 5.41) is 0.824. The summed E-state index contributed by atoms with van der Waals surface area (Å²) < 4.78 is 92.0. The molecule has 0 aliphatic heterocycles. The summed E-state index contributed by atoms with van der Waals surface area (Å²) in [6.07, 6.45) is -3.70. The van der Waals surface area contributed by atoms with Crippen LogP contribution in [0.25, 0.3) is 22.2 Å². The first-order valence-electron chi connectivity index (χ1n) is 10.2. The number of aromatic nitrogens is 2. The zero-order chi connectivity index (χ0) is 26.3. The Morgan fingerprint density at radius 3 is 2.39 bits per heavy atom. The number of pyridine rings is 1. The molecule has 0 unspecified atom stereocenters. The topological polar surface area (TPSA) is 91.9 Å². The number of H-pyrrole nitrogens is 1. The fourth-order valence-corrected chi connectivity index (χ4v) is 4.64. The highest BCUT2D eigenvalue weighted by Crippen LogP contribution is 2.30. The number of hydrogen-bond donors (Lipinski definition) is 2. The van der Waals surface area contributed by atoms with Crippen LogP contribution >= 0.6 is 11.6 Å². The van der Waals surface area contributed by atoms with Crippen LogP contribution in [0.1, 0.15) is 22.3 Å². The van der Waals surface area contributed by atoms with Gasteiger partial charge in [0.25, 0.3) is 0 Å². The van der Waals surface area contributed by atoms with E-state index in [9.17, 15) is 30.8 Å². The van der Waals surface area contributed by atoms with Crippen molar-refractivity contribution in [1.82, 2.24) is 9.97 Å². The second-order valence-electron chi connectivity index (χ2n) is 7.73. The zero-order valence-corrected chi connectivity index (χ0v) is 19.5. The number of fused-ring (bicyclic) bond motifs is 1. The van der Waals surface area contributed by atoms with Gasteiger partial charge in [0.1, 0.15) is 17.2 Å². The van der Waals surface area contributed by atoms with Crippen molar-refractivity contribution in [2.75, 3.05) is 10.5 Å². The fourth-order valence-electron chi connectivity index (χ4n) is 3.41. The molecule has 4 rings (SSSR count). The third-order valence-electron chi connectivity index (χ3n) is 5.20. The number of aromatic amines is 1. The molecule has 0 aliphatic rings. The number of nitrogens with one attached hydrogen (secondary N) is 2. The molecule has 0 saturated heterocycles. The van der Waals surface area contributed by atoms with Gasteiger partial charge in [-0.2, -0.15) is 13.2 Å². The minimum atomic E-state index is -4.79. The maximum absolute atomic E-state index is 15.1. The summed E-state index contributed by atoms with van der Waals surface area (Å²) in [6, 6.07) is 9.87. The third kappa shape index (κ3) is 5.49. The first kappa shape index (κ1) is 25.6. The number of anilines is 1. The maximum atomic E-state index is 15.1. The van der Waals surface area contributed by atoms with Gasteiger partial charge in [-0.15, -0.1) is 0 Å². The van der Waals surface area contributed by atoms with E-state index in [0.29, 0.717) is 27.7 Å². The molecule has 0 spiro atoms. The smallest absolute Gasteiger partial charge is 0.345 e. The van der Waals surface area contributed by atoms with Gasteiger partial charge < -0.3 is 4.98 Å². The minimum Gasteiger partial charge on any atom is -0.345 e. The van der Waals surface area contributed by atoms with Gasteiger partial charge in [0.05, 0.1) is 17.7 Å². The molecule has 2 heterocycles. The molecule has 2 N–H and O–H groups in total. The monoisotopic (exact) mass is 543 g/mol. The highest BCUT2D eigenvalue weighted by Gasteiger charge is 2.31. The van der Waals surface area contributed by atoms with Crippen LogP contribution in [0.3, 0.4) is 0 Å². The average molecular weight is 544 g/mol. The van der Waals surface area contributed by atoms with Crippen LogP contribution < -0.4 is 4.72 Å². The molecule has 0 saturated carbocycles. The average Bonchev–Trinajstić information content (AvgIpc) is 3.24. The zero-order valence-electron chi connectivity index (χ0n) is 18.0. The highest BCUT2D eigenvalue weighted by molar-refractivity contribution is 7.92. The van der Waals surface area contributed by atoms with Crippen LogP contribution in [0.4, 0.5) is 27.6 Å². The van der Waals surface area contributed by atoms with Crippen LogP contribution in [-0.4, -0.2) is 36.1 Å². The van der Waals surface area contributed by atoms with E-state index in [0.717, 1.165) is 11.6 Å². The van der Waals surface area contributed by atoms with Crippen molar-refractivity contribution >= 4 is 44.1 Å². The fraction of sp³-hybridized carbons (Fsp3) is 0.130. The Morgan fingerprint density at radius 1 is 1.03 bits per heavy atom. The largest absolute Gasteiger partial charge is 0.390 e. The number of ketones is 1. The molecule has 2 aromatic carbocycles. The van der Waals surface area contributed by atoms with Crippen molar-refractivity contribution in [2.24, 2.45) is 0 Å². The van der Waals surface area contributed by atoms with Crippen LogP contribution in [0.5, 0.6) is 0 Å². The lowest BCUT2D eigenvalue weighted by Gasteiger charge is -2.13. The number of halogens is 6. The van der Waals surface area contributed by atoms with Crippen LogP contribution in [-0.2, 0) is 10.0 Å². The Labute approximate surface area is 206 Å². The van der Waals surface area contributed by atoms with Crippen molar-refractivity contribution in [3.05, 3.63) is 82.6 Å². The molecule has 0 fully saturated rings. The Bertz CT molecular complexity index is 1570. The number of benzene rings is 2. The Kier molecular flexibility index (Phi) is 6.76. The van der Waals surface area contributed by atoms with Crippen molar-refractivity contribution in [3.8, 4) is 11.1 Å². The van der Waals surface area contributed by atoms with E-state index in [2.05, 4.69) is 9.97 Å². The van der Waals surface area contributed by atoms with E-state index < -0.39 is 57.0 Å². The molecule has 0 radical (unpaired) electrons. The number of carbonyl (C=O) groups is 1. The molecule has 188 valence electrons. The molecule has 0 amide bonds. The maximum Gasteiger partial charge on any atom is 0.390 e. The summed E-state index contributed by atoms with van der Waals surface area (Å²) in [4.78, 5) is 20.2. The quantitative estimate of drug-likeness (QED) is 0.218. The predicted octanol–water partition coefficient (Wildman–Crippen LogP) is 6.09. The van der Waals surface area contributed by atoms with E-state index in [1.807, 2.05) is 0 Å². The first-order valence-corrected chi connectivity index (χ1v) is 12.2. The Balaban J connectivity index is 1.70. The van der Waals surface area contributed by atoms with Gasteiger partial charge in [-0.3, -0.25) is 9.52 Å². The summed E-state index contributed by atoms with van der Waals surface area (Å²) >= 11 is 5.91. The summed E-state index contributed by atoms with van der Waals surface area (Å²) in [5.74, 6) is -5.34. The second-order valence-corrected chi connectivity index (χ2v) is 10.0. The summed E-state index contributed by atoms with van der Waals surface area (Å²) in [5.41, 5.74) is -0.329. The van der Waals surface area contributed by atoms with E-state index in [-0.39, 0.29) is 5.56 Å². The lowest BCUT2D eigenvalue weighted by molar-refractivity contribution is -0.129. The number of sulfonamides is 1. The molecule has 0 bridgehead atoms. The number of hydrogen-bond acceptors (Lipinski definition) is 4. The highest BCUT2D eigenvalue weighted by atomic mass is 35.5. The van der Waals surface area contributed by atoms with Crippen molar-refractivity contribution < 1.29 is 35.2 Å². The van der Waals surface area contributed by atoms with E-state index in [4.69, 9.17) is 11.6 Å². The van der Waals surface area contributed by atoms with Gasteiger partial charge in [0.15, 0.2) is 11.6 Å². The van der Waals surface area contributed by atoms with Gasteiger partial charge in [-0.05, 0) is 35.9 Å². The minimum absolute atomic E-state index is 0.0373. The molecular weight excluding hydrogens is 529 g/mol. The third-order valence-corrected chi connectivity index (χ3v) is 6.71. The normalized spacial score (nSPS) is 12.2. The predicted molar refractivity (Wildman–Crippen MR) is 124 cm³/mol. The summed E-state index contributed by atoms with van der Waals surface area (Å²) in [7, 11) is -4.77. The molecule has 0 atom stereocenters. The van der Waals surface area contributed by atoms with E-state index >= 15 is 4.39 Å². The number of alkyl halides is 3. The summed E-state index contributed by atoms with van der Waals surface area (Å²) in [6.45, 7) is 0. The molecule has 2 aromatic heterocycles. The Morgan fingerprint density at radius 2 is 1.72 bits per heavy atom. The lowest BCUT2D eigenvalue weighted by Crippen LogP contribution is -2.23. The molecule has 4 aromatic rings. The van der Waals surface area contributed by atoms with E-state index in [1.54, 1.807) is 36.5 Å². The number of nitrogens with zero attached hydrogens (tertiary/aromatic N) is 1. The molecular formula is C23H15ClF5N3O3S. The standard InChI is InChI=1S/C23H15ClF5N3O3S/c24-14-3-1-12(2-4-14)13-9-16-17(11-31-22(16)30-10-13)21(33)15-5-6-18(25)20(19(15)26)32-36(34,35)8-7-23(27,28)29/h1-6,9-11,32H,7-8H2,(H,30,31). The molecule has 0 aliphatic carbocycles. The van der Waals surface area contributed by atoms with Crippen LogP contribution in [0.2, 0.25) is 5.02 Å². The lowest BCUT2D eigenvalue weighted by atomic mass is 10.00. The van der Waals surface area contributed by atoms with E-state index in [1.165, 1.54) is 10.9 Å². The van der Waals surface area contributed by atoms with Gasteiger partial charge >= 0.3 is 6.18 Å². The molecule has 13 heteroatoms. The van der Waals surface area contributed by atoms with Gasteiger partial charge in [0, 0.05) is 33.9 Å².